The van der Waals surface area contributed by atoms with Gasteiger partial charge in [-0.1, -0.05) is 49.2 Å². The number of ether oxygens (including phenoxy) is 3. The van der Waals surface area contributed by atoms with E-state index in [1.54, 1.807) is 7.11 Å². The van der Waals surface area contributed by atoms with Gasteiger partial charge < -0.3 is 19.5 Å². The summed E-state index contributed by atoms with van der Waals surface area (Å²) >= 11 is 0. The summed E-state index contributed by atoms with van der Waals surface area (Å²) in [6.45, 7) is 8.25. The van der Waals surface area contributed by atoms with Gasteiger partial charge in [-0.2, -0.15) is 0 Å². The average Bonchev–Trinajstić information content (AvgIpc) is 2.69. The highest BCUT2D eigenvalue weighted by molar-refractivity contribution is 5.85. The molecule has 0 aliphatic carbocycles. The van der Waals surface area contributed by atoms with Crippen LogP contribution in [0.15, 0.2) is 42.5 Å². The van der Waals surface area contributed by atoms with Crippen LogP contribution in [0.3, 0.4) is 0 Å². The number of aryl methyl sites for hydroxylation is 1. The zero-order chi connectivity index (χ0) is 19.3. The van der Waals surface area contributed by atoms with Crippen LogP contribution in [0.5, 0.6) is 11.5 Å². The highest BCUT2D eigenvalue weighted by Crippen LogP contribution is 2.29. The number of methoxy groups -OCH3 is 1. The quantitative estimate of drug-likeness (QED) is 0.457. The smallest absolute Gasteiger partial charge is 0.161 e. The Balaban J connectivity index is 0.00000392. The first-order valence-electron chi connectivity index (χ1n) is 9.86. The van der Waals surface area contributed by atoms with E-state index in [1.165, 1.54) is 17.5 Å². The molecule has 0 aromatic heterocycles. The normalized spacial score (nSPS) is 10.4. The minimum absolute atomic E-state index is 0. The molecule has 1 N–H and O–H groups in total. The number of unbranched alkanes of at least 4 members (excludes halogenated alkanes) is 1. The molecule has 0 unspecified atom stereocenters. The monoisotopic (exact) mass is 407 g/mol. The van der Waals surface area contributed by atoms with Crippen molar-refractivity contribution < 1.29 is 14.2 Å². The van der Waals surface area contributed by atoms with Crippen molar-refractivity contribution in [1.82, 2.24) is 5.32 Å². The maximum Gasteiger partial charge on any atom is 0.161 e. The molecule has 5 heteroatoms. The molecule has 0 aliphatic rings. The van der Waals surface area contributed by atoms with Crippen LogP contribution in [0.25, 0.3) is 0 Å². The van der Waals surface area contributed by atoms with E-state index in [4.69, 9.17) is 14.2 Å². The van der Waals surface area contributed by atoms with Gasteiger partial charge in [0.25, 0.3) is 0 Å². The molecule has 2 aromatic carbocycles. The van der Waals surface area contributed by atoms with Crippen LogP contribution < -0.4 is 14.8 Å². The summed E-state index contributed by atoms with van der Waals surface area (Å²) in [6, 6.07) is 14.5. The van der Waals surface area contributed by atoms with Crippen LogP contribution in [0.4, 0.5) is 0 Å². The molecule has 2 rings (SSSR count). The summed E-state index contributed by atoms with van der Waals surface area (Å²) in [7, 11) is 1.68. The summed E-state index contributed by atoms with van der Waals surface area (Å²) in [5, 5.41) is 3.45. The third kappa shape index (κ3) is 8.96. The Morgan fingerprint density at radius 2 is 1.75 bits per heavy atom. The van der Waals surface area contributed by atoms with E-state index in [2.05, 4.69) is 49.5 Å². The summed E-state index contributed by atoms with van der Waals surface area (Å²) < 4.78 is 17.0. The van der Waals surface area contributed by atoms with Gasteiger partial charge >= 0.3 is 0 Å². The third-order valence-electron chi connectivity index (χ3n) is 4.32. The topological polar surface area (TPSA) is 39.7 Å². The summed E-state index contributed by atoms with van der Waals surface area (Å²) in [5.41, 5.74) is 3.57. The molecule has 2 aromatic rings. The molecule has 0 aliphatic heterocycles. The molecule has 0 bridgehead atoms. The number of hydrogen-bond acceptors (Lipinski definition) is 4. The van der Waals surface area contributed by atoms with Crippen molar-refractivity contribution in [1.29, 1.82) is 0 Å². The van der Waals surface area contributed by atoms with Crippen molar-refractivity contribution in [3.63, 3.8) is 0 Å². The Morgan fingerprint density at radius 1 is 0.929 bits per heavy atom. The standard InChI is InChI=1S/C23H33NO3.ClH/c1-4-5-13-26-14-7-12-24-17-20-10-11-22(23(16-20)25-3)27-18-21-9-6-8-19(2)15-21;/h6,8-11,15-16,24H,4-5,7,12-14,17-18H2,1-3H3;1H. The first kappa shape index (κ1) is 24.3. The van der Waals surface area contributed by atoms with Gasteiger partial charge in [0.1, 0.15) is 6.61 Å². The lowest BCUT2D eigenvalue weighted by atomic mass is 10.1. The lowest BCUT2D eigenvalue weighted by Gasteiger charge is -2.13. The SMILES string of the molecule is CCCCOCCCNCc1ccc(OCc2cccc(C)c2)c(OC)c1.Cl. The number of benzene rings is 2. The van der Waals surface area contributed by atoms with Crippen molar-refractivity contribution in [2.24, 2.45) is 0 Å². The van der Waals surface area contributed by atoms with Crippen LogP contribution in [0, 0.1) is 6.92 Å². The molecule has 0 spiro atoms. The third-order valence-corrected chi connectivity index (χ3v) is 4.32. The number of nitrogens with one attached hydrogen (secondary N) is 1. The molecule has 0 radical (unpaired) electrons. The zero-order valence-corrected chi connectivity index (χ0v) is 18.1. The Labute approximate surface area is 176 Å². The molecule has 156 valence electrons. The second-order valence-electron chi connectivity index (χ2n) is 6.76. The maximum absolute atomic E-state index is 5.95. The van der Waals surface area contributed by atoms with Crippen LogP contribution in [-0.4, -0.2) is 26.9 Å². The molecule has 0 atom stereocenters. The molecule has 0 amide bonds. The number of hydrogen-bond donors (Lipinski definition) is 1. The largest absolute Gasteiger partial charge is 0.493 e. The predicted molar refractivity (Wildman–Crippen MR) is 118 cm³/mol. The van der Waals surface area contributed by atoms with Gasteiger partial charge in [-0.3, -0.25) is 0 Å². The summed E-state index contributed by atoms with van der Waals surface area (Å²) in [4.78, 5) is 0. The Bertz CT molecular complexity index is 679. The van der Waals surface area contributed by atoms with Gasteiger partial charge in [-0.15, -0.1) is 12.4 Å². The molecule has 0 saturated carbocycles. The van der Waals surface area contributed by atoms with Crippen LogP contribution >= 0.6 is 12.4 Å². The molecule has 0 heterocycles. The van der Waals surface area contributed by atoms with Gasteiger partial charge in [0, 0.05) is 19.8 Å². The highest BCUT2D eigenvalue weighted by Gasteiger charge is 2.06. The number of halogens is 1. The van der Waals surface area contributed by atoms with Crippen LogP contribution in [0.2, 0.25) is 0 Å². The first-order valence-corrected chi connectivity index (χ1v) is 9.86. The Morgan fingerprint density at radius 3 is 2.50 bits per heavy atom. The van der Waals surface area contributed by atoms with Crippen molar-refractivity contribution in [2.75, 3.05) is 26.9 Å². The van der Waals surface area contributed by atoms with E-state index >= 15 is 0 Å². The lowest BCUT2D eigenvalue weighted by molar-refractivity contribution is 0.129. The van der Waals surface area contributed by atoms with E-state index in [1.807, 2.05) is 12.1 Å². The molecular weight excluding hydrogens is 374 g/mol. The predicted octanol–water partition coefficient (Wildman–Crippen LogP) is 5.30. The molecule has 0 saturated heterocycles. The average molecular weight is 408 g/mol. The van der Waals surface area contributed by atoms with E-state index in [-0.39, 0.29) is 12.4 Å². The van der Waals surface area contributed by atoms with E-state index in [0.717, 1.165) is 56.2 Å². The second kappa shape index (κ2) is 14.3. The van der Waals surface area contributed by atoms with Crippen LogP contribution in [-0.2, 0) is 17.9 Å². The van der Waals surface area contributed by atoms with E-state index < -0.39 is 0 Å². The van der Waals surface area contributed by atoms with Crippen LogP contribution in [0.1, 0.15) is 42.9 Å². The minimum atomic E-state index is 0. The molecule has 0 fully saturated rings. The van der Waals surface area contributed by atoms with Crippen molar-refractivity contribution in [3.05, 3.63) is 59.2 Å². The van der Waals surface area contributed by atoms with Crippen molar-refractivity contribution >= 4 is 12.4 Å². The second-order valence-corrected chi connectivity index (χ2v) is 6.76. The minimum Gasteiger partial charge on any atom is -0.493 e. The first-order chi connectivity index (χ1) is 13.2. The Kier molecular flexibility index (Phi) is 12.4. The van der Waals surface area contributed by atoms with Crippen molar-refractivity contribution in [3.8, 4) is 11.5 Å². The highest BCUT2D eigenvalue weighted by atomic mass is 35.5. The van der Waals surface area contributed by atoms with E-state index in [0.29, 0.717) is 6.61 Å². The fourth-order valence-electron chi connectivity index (χ4n) is 2.78. The van der Waals surface area contributed by atoms with E-state index in [9.17, 15) is 0 Å². The molecule has 4 nitrogen and oxygen atoms in total. The van der Waals surface area contributed by atoms with Gasteiger partial charge in [0.05, 0.1) is 7.11 Å². The fourth-order valence-corrected chi connectivity index (χ4v) is 2.78. The van der Waals surface area contributed by atoms with Gasteiger partial charge in [0.2, 0.25) is 0 Å². The maximum atomic E-state index is 5.95. The molecular formula is C23H34ClNO3. The summed E-state index contributed by atoms with van der Waals surface area (Å²) in [6.07, 6.45) is 3.36. The zero-order valence-electron chi connectivity index (χ0n) is 17.3. The Hall–Kier alpha value is -1.75. The lowest BCUT2D eigenvalue weighted by Crippen LogP contribution is -2.16. The van der Waals surface area contributed by atoms with Gasteiger partial charge in [0.15, 0.2) is 11.5 Å². The molecule has 28 heavy (non-hydrogen) atoms. The number of rotatable bonds is 13. The van der Waals surface area contributed by atoms with Gasteiger partial charge in [-0.05, 0) is 49.6 Å². The fraction of sp³-hybridized carbons (Fsp3) is 0.478. The van der Waals surface area contributed by atoms with Gasteiger partial charge in [-0.25, -0.2) is 0 Å². The summed E-state index contributed by atoms with van der Waals surface area (Å²) in [5.74, 6) is 1.54. The van der Waals surface area contributed by atoms with Crippen molar-refractivity contribution in [2.45, 2.75) is 46.3 Å².